The van der Waals surface area contributed by atoms with Crippen LogP contribution < -0.4 is 10.1 Å². The van der Waals surface area contributed by atoms with Crippen molar-refractivity contribution in [1.82, 2.24) is 4.98 Å². The largest absolute Gasteiger partial charge is 0.491 e. The SMILES string of the molecule is COCCOc1ccc(NC(=O)Cc2csc(C(C)C)n2)cc1. The Morgan fingerprint density at radius 1 is 1.26 bits per heavy atom. The lowest BCUT2D eigenvalue weighted by Gasteiger charge is -2.07. The van der Waals surface area contributed by atoms with Crippen molar-refractivity contribution in [2.75, 3.05) is 25.6 Å². The van der Waals surface area contributed by atoms with Crippen LogP contribution in [-0.2, 0) is 16.0 Å². The lowest BCUT2D eigenvalue weighted by molar-refractivity contribution is -0.115. The first-order valence-corrected chi connectivity index (χ1v) is 8.42. The topological polar surface area (TPSA) is 60.5 Å². The van der Waals surface area contributed by atoms with Crippen molar-refractivity contribution in [3.05, 3.63) is 40.3 Å². The Bertz CT molecular complexity index is 623. The maximum Gasteiger partial charge on any atom is 0.230 e. The number of nitrogens with one attached hydrogen (secondary N) is 1. The van der Waals surface area contributed by atoms with Gasteiger partial charge in [0.2, 0.25) is 5.91 Å². The van der Waals surface area contributed by atoms with Crippen molar-refractivity contribution in [2.45, 2.75) is 26.2 Å². The molecular formula is C17H22N2O3S. The summed E-state index contributed by atoms with van der Waals surface area (Å²) in [6, 6.07) is 7.29. The Labute approximate surface area is 140 Å². The molecule has 124 valence electrons. The maximum atomic E-state index is 12.1. The molecule has 0 unspecified atom stereocenters. The number of hydrogen-bond acceptors (Lipinski definition) is 5. The second-order valence-corrected chi connectivity index (χ2v) is 6.31. The summed E-state index contributed by atoms with van der Waals surface area (Å²) in [6.07, 6.45) is 0.287. The zero-order valence-electron chi connectivity index (χ0n) is 13.7. The summed E-state index contributed by atoms with van der Waals surface area (Å²) in [5.74, 6) is 1.07. The molecule has 0 aliphatic heterocycles. The molecule has 0 saturated heterocycles. The summed E-state index contributed by atoms with van der Waals surface area (Å²) in [4.78, 5) is 16.5. The van der Waals surface area contributed by atoms with Crippen molar-refractivity contribution in [3.8, 4) is 5.75 Å². The zero-order chi connectivity index (χ0) is 16.7. The fraction of sp³-hybridized carbons (Fsp3) is 0.412. The number of aromatic nitrogens is 1. The van der Waals surface area contributed by atoms with Gasteiger partial charge in [-0.1, -0.05) is 13.8 Å². The third-order valence-electron chi connectivity index (χ3n) is 3.10. The highest BCUT2D eigenvalue weighted by Crippen LogP contribution is 2.20. The third-order valence-corrected chi connectivity index (χ3v) is 4.29. The van der Waals surface area contributed by atoms with E-state index in [0.29, 0.717) is 19.1 Å². The summed E-state index contributed by atoms with van der Waals surface area (Å²) in [5, 5.41) is 5.88. The van der Waals surface area contributed by atoms with Gasteiger partial charge in [0.05, 0.1) is 23.7 Å². The van der Waals surface area contributed by atoms with Gasteiger partial charge in [0, 0.05) is 24.1 Å². The first-order valence-electron chi connectivity index (χ1n) is 7.54. The zero-order valence-corrected chi connectivity index (χ0v) is 14.5. The molecule has 0 saturated carbocycles. The molecule has 1 aromatic carbocycles. The van der Waals surface area contributed by atoms with Gasteiger partial charge in [0.15, 0.2) is 0 Å². The highest BCUT2D eigenvalue weighted by molar-refractivity contribution is 7.09. The summed E-state index contributed by atoms with van der Waals surface area (Å²) in [7, 11) is 1.63. The number of methoxy groups -OCH3 is 1. The number of rotatable bonds is 8. The molecule has 2 rings (SSSR count). The van der Waals surface area contributed by atoms with Gasteiger partial charge >= 0.3 is 0 Å². The normalized spacial score (nSPS) is 10.8. The highest BCUT2D eigenvalue weighted by atomic mass is 32.1. The number of nitrogens with zero attached hydrogens (tertiary/aromatic N) is 1. The molecule has 0 aliphatic rings. The standard InChI is InChI=1S/C17H22N2O3S/c1-12(2)17-19-14(11-23-17)10-16(20)18-13-4-6-15(7-5-13)22-9-8-21-3/h4-7,11-12H,8-10H2,1-3H3,(H,18,20). The minimum Gasteiger partial charge on any atom is -0.491 e. The number of ether oxygens (including phenoxy) is 2. The number of anilines is 1. The van der Waals surface area contributed by atoms with E-state index < -0.39 is 0 Å². The van der Waals surface area contributed by atoms with Crippen LogP contribution in [0.25, 0.3) is 0 Å². The molecule has 0 spiro atoms. The van der Waals surface area contributed by atoms with Gasteiger partial charge in [0.25, 0.3) is 0 Å². The molecule has 1 N–H and O–H groups in total. The molecule has 6 heteroatoms. The number of amides is 1. The summed E-state index contributed by atoms with van der Waals surface area (Å²) in [5.41, 5.74) is 1.56. The summed E-state index contributed by atoms with van der Waals surface area (Å²) >= 11 is 1.60. The Morgan fingerprint density at radius 3 is 2.61 bits per heavy atom. The van der Waals surface area contributed by atoms with Gasteiger partial charge in [-0.3, -0.25) is 4.79 Å². The van der Waals surface area contributed by atoms with Gasteiger partial charge in [0.1, 0.15) is 12.4 Å². The van der Waals surface area contributed by atoms with Crippen LogP contribution in [0, 0.1) is 0 Å². The van der Waals surface area contributed by atoms with Crippen molar-refractivity contribution in [1.29, 1.82) is 0 Å². The first-order chi connectivity index (χ1) is 11.1. The monoisotopic (exact) mass is 334 g/mol. The van der Waals surface area contributed by atoms with E-state index >= 15 is 0 Å². The Balaban J connectivity index is 1.84. The molecule has 0 radical (unpaired) electrons. The van der Waals surface area contributed by atoms with Gasteiger partial charge in [-0.05, 0) is 24.3 Å². The second-order valence-electron chi connectivity index (χ2n) is 5.42. The fourth-order valence-corrected chi connectivity index (χ4v) is 2.75. The van der Waals surface area contributed by atoms with Crippen LogP contribution in [0.15, 0.2) is 29.6 Å². The average molecular weight is 334 g/mol. The number of carbonyl (C=O) groups is 1. The maximum absolute atomic E-state index is 12.1. The van der Waals surface area contributed by atoms with Crippen LogP contribution in [0.4, 0.5) is 5.69 Å². The van der Waals surface area contributed by atoms with E-state index in [9.17, 15) is 4.79 Å². The first kappa shape index (κ1) is 17.4. The molecule has 0 aliphatic carbocycles. The van der Waals surface area contributed by atoms with E-state index in [2.05, 4.69) is 24.1 Å². The molecule has 23 heavy (non-hydrogen) atoms. The molecule has 0 atom stereocenters. The number of thiazole rings is 1. The lowest BCUT2D eigenvalue weighted by atomic mass is 10.2. The Morgan fingerprint density at radius 2 is 2.00 bits per heavy atom. The van der Waals surface area contributed by atoms with E-state index in [0.717, 1.165) is 22.1 Å². The van der Waals surface area contributed by atoms with Crippen molar-refractivity contribution < 1.29 is 14.3 Å². The van der Waals surface area contributed by atoms with E-state index in [-0.39, 0.29) is 12.3 Å². The molecule has 2 aromatic rings. The van der Waals surface area contributed by atoms with Crippen molar-refractivity contribution in [3.63, 3.8) is 0 Å². The molecule has 0 fully saturated rings. The average Bonchev–Trinajstić information content (AvgIpc) is 2.98. The van der Waals surface area contributed by atoms with Crippen LogP contribution in [0.2, 0.25) is 0 Å². The van der Waals surface area contributed by atoms with E-state index in [1.54, 1.807) is 18.4 Å². The summed E-state index contributed by atoms with van der Waals surface area (Å²) in [6.45, 7) is 5.24. The molecule has 5 nitrogen and oxygen atoms in total. The van der Waals surface area contributed by atoms with Crippen LogP contribution in [0.3, 0.4) is 0 Å². The van der Waals surface area contributed by atoms with Crippen LogP contribution in [0.1, 0.15) is 30.5 Å². The molecule has 0 bridgehead atoms. The predicted octanol–water partition coefficient (Wildman–Crippen LogP) is 3.47. The van der Waals surface area contributed by atoms with Crippen LogP contribution in [-0.4, -0.2) is 31.2 Å². The van der Waals surface area contributed by atoms with Crippen LogP contribution >= 0.6 is 11.3 Å². The minimum absolute atomic E-state index is 0.0707. The predicted molar refractivity (Wildman–Crippen MR) is 92.3 cm³/mol. The molecule has 1 heterocycles. The Kier molecular flexibility index (Phi) is 6.55. The fourth-order valence-electron chi connectivity index (χ4n) is 1.92. The summed E-state index contributed by atoms with van der Waals surface area (Å²) < 4.78 is 10.4. The van der Waals surface area contributed by atoms with Gasteiger partial charge in [-0.2, -0.15) is 0 Å². The Hall–Kier alpha value is -1.92. The van der Waals surface area contributed by atoms with Gasteiger partial charge in [-0.15, -0.1) is 11.3 Å². The quantitative estimate of drug-likeness (QED) is 0.751. The lowest BCUT2D eigenvalue weighted by Crippen LogP contribution is -2.14. The highest BCUT2D eigenvalue weighted by Gasteiger charge is 2.10. The van der Waals surface area contributed by atoms with Crippen molar-refractivity contribution in [2.24, 2.45) is 0 Å². The number of benzene rings is 1. The van der Waals surface area contributed by atoms with E-state index in [4.69, 9.17) is 9.47 Å². The van der Waals surface area contributed by atoms with Gasteiger partial charge < -0.3 is 14.8 Å². The van der Waals surface area contributed by atoms with E-state index in [1.807, 2.05) is 29.6 Å². The number of carbonyl (C=O) groups excluding carboxylic acids is 1. The molecule has 1 aromatic heterocycles. The molecular weight excluding hydrogens is 312 g/mol. The third kappa shape index (κ3) is 5.65. The van der Waals surface area contributed by atoms with Crippen molar-refractivity contribution >= 4 is 22.9 Å². The smallest absolute Gasteiger partial charge is 0.230 e. The number of hydrogen-bond donors (Lipinski definition) is 1. The molecule has 1 amide bonds. The van der Waals surface area contributed by atoms with Crippen LogP contribution in [0.5, 0.6) is 5.75 Å². The van der Waals surface area contributed by atoms with Gasteiger partial charge in [-0.25, -0.2) is 4.98 Å². The van der Waals surface area contributed by atoms with E-state index in [1.165, 1.54) is 0 Å². The second kappa shape index (κ2) is 8.64. The minimum atomic E-state index is -0.0707.